The molecule has 0 saturated carbocycles. The summed E-state index contributed by atoms with van der Waals surface area (Å²) in [5.74, 6) is 1.72. The minimum atomic E-state index is -0.271. The summed E-state index contributed by atoms with van der Waals surface area (Å²) in [6.45, 7) is 3.71. The second kappa shape index (κ2) is 6.76. The van der Waals surface area contributed by atoms with Gasteiger partial charge in [-0.05, 0) is 50.3 Å². The van der Waals surface area contributed by atoms with Gasteiger partial charge in [-0.1, -0.05) is 17.7 Å². The second-order valence-corrected chi connectivity index (χ2v) is 5.77. The number of hydrogen-bond acceptors (Lipinski definition) is 3. The van der Waals surface area contributed by atoms with Crippen LogP contribution in [0.1, 0.15) is 17.2 Å². The molecule has 5 nitrogen and oxygen atoms in total. The average molecular weight is 342 g/mol. The third kappa shape index (κ3) is 3.75. The minimum absolute atomic E-state index is 0.271. The van der Waals surface area contributed by atoms with E-state index in [1.54, 1.807) is 35.0 Å². The normalized spacial score (nSPS) is 11.1. The molecule has 1 N–H and O–H groups in total. The predicted molar refractivity (Wildman–Crippen MR) is 94.4 cm³/mol. The molecular weight excluding hydrogens is 326 g/mol. The Morgan fingerprint density at radius 3 is 2.79 bits per heavy atom. The van der Waals surface area contributed by atoms with Crippen LogP contribution in [0.15, 0.2) is 53.0 Å². The van der Waals surface area contributed by atoms with Crippen molar-refractivity contribution in [1.82, 2.24) is 9.78 Å². The molecule has 0 aliphatic heterocycles. The molecule has 0 atom stereocenters. The molecule has 1 aromatic carbocycles. The van der Waals surface area contributed by atoms with Gasteiger partial charge in [-0.25, -0.2) is 4.68 Å². The number of carbonyl (C=O) groups is 1. The Morgan fingerprint density at radius 1 is 1.25 bits per heavy atom. The van der Waals surface area contributed by atoms with Gasteiger partial charge in [0.1, 0.15) is 17.3 Å². The Labute approximate surface area is 144 Å². The van der Waals surface area contributed by atoms with Crippen molar-refractivity contribution in [2.45, 2.75) is 13.8 Å². The molecule has 2 heterocycles. The van der Waals surface area contributed by atoms with E-state index in [1.807, 2.05) is 32.0 Å². The highest BCUT2D eigenvalue weighted by molar-refractivity contribution is 6.30. The summed E-state index contributed by atoms with van der Waals surface area (Å²) in [5.41, 5.74) is 1.56. The Kier molecular flexibility index (Phi) is 4.53. The van der Waals surface area contributed by atoms with Gasteiger partial charge in [0.25, 0.3) is 0 Å². The van der Waals surface area contributed by atoms with Gasteiger partial charge in [0.15, 0.2) is 0 Å². The van der Waals surface area contributed by atoms with E-state index in [4.69, 9.17) is 16.0 Å². The number of anilines is 1. The van der Waals surface area contributed by atoms with Crippen LogP contribution >= 0.6 is 11.6 Å². The molecule has 0 fully saturated rings. The van der Waals surface area contributed by atoms with Gasteiger partial charge in [-0.2, -0.15) is 5.10 Å². The first kappa shape index (κ1) is 16.1. The maximum absolute atomic E-state index is 12.1. The summed E-state index contributed by atoms with van der Waals surface area (Å²) < 4.78 is 7.04. The number of aromatic nitrogens is 2. The summed E-state index contributed by atoms with van der Waals surface area (Å²) >= 11 is 6.03. The molecule has 0 saturated heterocycles. The molecule has 0 aliphatic rings. The third-order valence-electron chi connectivity index (χ3n) is 3.30. The summed E-state index contributed by atoms with van der Waals surface area (Å²) in [4.78, 5) is 12.1. The van der Waals surface area contributed by atoms with Crippen molar-refractivity contribution in [2.24, 2.45) is 0 Å². The number of nitrogens with zero attached hydrogens (tertiary/aromatic N) is 2. The number of hydrogen-bond donors (Lipinski definition) is 1. The van der Waals surface area contributed by atoms with Crippen LogP contribution in [0.4, 0.5) is 5.82 Å². The number of amides is 1. The third-order valence-corrected chi connectivity index (χ3v) is 3.53. The standard InChI is InChI=1S/C18H16ClN3O2/c1-12-10-17(22(21-12)15-5-3-4-14(19)11-15)20-18(23)9-8-16-7-6-13(2)24-16/h3-11H,1-2H3,(H,20,23)/b9-8+. The number of aryl methyl sites for hydroxylation is 2. The van der Waals surface area contributed by atoms with Crippen LogP contribution in [0, 0.1) is 13.8 Å². The topological polar surface area (TPSA) is 60.1 Å². The van der Waals surface area contributed by atoms with E-state index >= 15 is 0 Å². The SMILES string of the molecule is Cc1cc(NC(=O)/C=C/c2ccc(C)o2)n(-c2cccc(Cl)c2)n1. The van der Waals surface area contributed by atoms with E-state index in [-0.39, 0.29) is 5.91 Å². The van der Waals surface area contributed by atoms with Gasteiger partial charge in [-0.3, -0.25) is 4.79 Å². The van der Waals surface area contributed by atoms with E-state index in [2.05, 4.69) is 10.4 Å². The van der Waals surface area contributed by atoms with Gasteiger partial charge < -0.3 is 9.73 Å². The number of nitrogens with one attached hydrogen (secondary N) is 1. The predicted octanol–water partition coefficient (Wildman–Crippen LogP) is 4.39. The summed E-state index contributed by atoms with van der Waals surface area (Å²) in [6, 6.07) is 12.7. The number of carbonyl (C=O) groups excluding carboxylic acids is 1. The maximum Gasteiger partial charge on any atom is 0.249 e. The van der Waals surface area contributed by atoms with E-state index < -0.39 is 0 Å². The van der Waals surface area contributed by atoms with Gasteiger partial charge in [-0.15, -0.1) is 0 Å². The molecule has 122 valence electrons. The highest BCUT2D eigenvalue weighted by atomic mass is 35.5. The smallest absolute Gasteiger partial charge is 0.249 e. The summed E-state index contributed by atoms with van der Waals surface area (Å²) in [6.07, 6.45) is 3.04. The number of rotatable bonds is 4. The van der Waals surface area contributed by atoms with Crippen molar-refractivity contribution < 1.29 is 9.21 Å². The van der Waals surface area contributed by atoms with E-state index in [1.165, 1.54) is 6.08 Å². The van der Waals surface area contributed by atoms with Gasteiger partial charge in [0.05, 0.1) is 11.4 Å². The maximum atomic E-state index is 12.1. The highest BCUT2D eigenvalue weighted by Gasteiger charge is 2.10. The fraction of sp³-hybridized carbons (Fsp3) is 0.111. The Morgan fingerprint density at radius 2 is 2.08 bits per heavy atom. The van der Waals surface area contributed by atoms with Gasteiger partial charge >= 0.3 is 0 Å². The van der Waals surface area contributed by atoms with Crippen LogP contribution in [0.25, 0.3) is 11.8 Å². The monoisotopic (exact) mass is 341 g/mol. The van der Waals surface area contributed by atoms with E-state index in [9.17, 15) is 4.79 Å². The van der Waals surface area contributed by atoms with Crippen LogP contribution < -0.4 is 5.32 Å². The molecule has 6 heteroatoms. The lowest BCUT2D eigenvalue weighted by atomic mass is 10.3. The molecule has 0 aliphatic carbocycles. The van der Waals surface area contributed by atoms with Crippen molar-refractivity contribution in [1.29, 1.82) is 0 Å². The van der Waals surface area contributed by atoms with Crippen molar-refractivity contribution in [3.8, 4) is 5.69 Å². The van der Waals surface area contributed by atoms with Crippen molar-refractivity contribution in [2.75, 3.05) is 5.32 Å². The van der Waals surface area contributed by atoms with Crippen molar-refractivity contribution >= 4 is 29.4 Å². The molecule has 24 heavy (non-hydrogen) atoms. The molecule has 0 bridgehead atoms. The average Bonchev–Trinajstić information content (AvgIpc) is 3.11. The summed E-state index contributed by atoms with van der Waals surface area (Å²) in [5, 5.41) is 7.82. The Bertz CT molecular complexity index is 909. The van der Waals surface area contributed by atoms with Crippen molar-refractivity contribution in [3.05, 3.63) is 70.8 Å². The molecule has 3 rings (SSSR count). The van der Waals surface area contributed by atoms with E-state index in [0.717, 1.165) is 17.1 Å². The largest absolute Gasteiger partial charge is 0.462 e. The van der Waals surface area contributed by atoms with Crippen LogP contribution in [-0.4, -0.2) is 15.7 Å². The fourth-order valence-corrected chi connectivity index (χ4v) is 2.45. The molecular formula is C18H16ClN3O2. The minimum Gasteiger partial charge on any atom is -0.462 e. The zero-order valence-corrected chi connectivity index (χ0v) is 14.0. The molecule has 0 spiro atoms. The quantitative estimate of drug-likeness (QED) is 0.716. The fourth-order valence-electron chi connectivity index (χ4n) is 2.26. The lowest BCUT2D eigenvalue weighted by molar-refractivity contribution is -0.111. The molecule has 2 aromatic heterocycles. The number of benzene rings is 1. The highest BCUT2D eigenvalue weighted by Crippen LogP contribution is 2.20. The Hall–Kier alpha value is -2.79. The zero-order chi connectivity index (χ0) is 17.1. The lowest BCUT2D eigenvalue weighted by Gasteiger charge is -2.07. The molecule has 1 amide bonds. The van der Waals surface area contributed by atoms with Crippen LogP contribution in [-0.2, 0) is 4.79 Å². The van der Waals surface area contributed by atoms with E-state index in [0.29, 0.717) is 16.6 Å². The first-order chi connectivity index (χ1) is 11.5. The number of furan rings is 1. The molecule has 0 radical (unpaired) electrons. The lowest BCUT2D eigenvalue weighted by Crippen LogP contribution is -2.12. The van der Waals surface area contributed by atoms with Crippen LogP contribution in [0.2, 0.25) is 5.02 Å². The summed E-state index contributed by atoms with van der Waals surface area (Å²) in [7, 11) is 0. The molecule has 0 unspecified atom stereocenters. The first-order valence-corrected chi connectivity index (χ1v) is 7.77. The molecule has 3 aromatic rings. The van der Waals surface area contributed by atoms with Crippen LogP contribution in [0.3, 0.4) is 0 Å². The Balaban J connectivity index is 1.80. The first-order valence-electron chi connectivity index (χ1n) is 7.39. The van der Waals surface area contributed by atoms with Crippen molar-refractivity contribution in [3.63, 3.8) is 0 Å². The van der Waals surface area contributed by atoms with Gasteiger partial charge in [0, 0.05) is 17.2 Å². The zero-order valence-electron chi connectivity index (χ0n) is 13.3. The van der Waals surface area contributed by atoms with Crippen LogP contribution in [0.5, 0.6) is 0 Å². The number of halogens is 1. The van der Waals surface area contributed by atoms with Gasteiger partial charge in [0.2, 0.25) is 5.91 Å². The second-order valence-electron chi connectivity index (χ2n) is 5.33.